The van der Waals surface area contributed by atoms with E-state index in [2.05, 4.69) is 0 Å². The summed E-state index contributed by atoms with van der Waals surface area (Å²) in [7, 11) is 0. The number of hydrogen-bond acceptors (Lipinski definition) is 4. The molecule has 0 spiro atoms. The molecule has 0 unspecified atom stereocenters. The van der Waals surface area contributed by atoms with E-state index in [1.165, 1.54) is 0 Å². The van der Waals surface area contributed by atoms with Crippen LogP contribution in [0.4, 0.5) is 13.2 Å². The van der Waals surface area contributed by atoms with E-state index in [0.29, 0.717) is 12.1 Å². The van der Waals surface area contributed by atoms with Crippen molar-refractivity contribution in [3.63, 3.8) is 0 Å². The lowest BCUT2D eigenvalue weighted by Crippen LogP contribution is -2.42. The fourth-order valence-corrected chi connectivity index (χ4v) is 1.14. The highest BCUT2D eigenvalue weighted by molar-refractivity contribution is 5.97. The van der Waals surface area contributed by atoms with Crippen molar-refractivity contribution in [2.24, 2.45) is 0 Å². The molecule has 0 aliphatic carbocycles. The summed E-state index contributed by atoms with van der Waals surface area (Å²) in [5.74, 6) is -12.2. The van der Waals surface area contributed by atoms with Crippen LogP contribution in [0.1, 0.15) is 11.5 Å². The molecule has 0 aliphatic heterocycles. The molecule has 0 amide bonds. The first-order valence-corrected chi connectivity index (χ1v) is 3.91. The number of halogens is 3. The van der Waals surface area contributed by atoms with Crippen LogP contribution in [0, 0.1) is 17.5 Å². The first kappa shape index (κ1) is 12.0. The molecule has 4 nitrogen and oxygen atoms in total. The summed E-state index contributed by atoms with van der Waals surface area (Å²) in [5.41, 5.74) is -1.44. The van der Waals surface area contributed by atoms with Gasteiger partial charge in [-0.05, 0) is 12.1 Å². The number of aliphatic carboxylic acids is 2. The molecule has 0 bridgehead atoms. The Morgan fingerprint density at radius 1 is 1.00 bits per heavy atom. The van der Waals surface area contributed by atoms with Gasteiger partial charge in [0.15, 0.2) is 11.6 Å². The van der Waals surface area contributed by atoms with Gasteiger partial charge in [-0.1, -0.05) is 0 Å². The highest BCUT2D eigenvalue weighted by Crippen LogP contribution is 2.24. The smallest absolute Gasteiger partial charge is 0.165 e. The standard InChI is InChI=1S/C9H5F3O4/c10-3-1-2-4(11)7(12)5(3)6(8(13)14)9(15)16/h1-2,6H,(H,13,14)(H,15,16)/p-2. The van der Waals surface area contributed by atoms with Crippen molar-refractivity contribution in [3.8, 4) is 0 Å². The number of carbonyl (C=O) groups is 2. The van der Waals surface area contributed by atoms with Crippen molar-refractivity contribution in [2.45, 2.75) is 5.92 Å². The van der Waals surface area contributed by atoms with Crippen LogP contribution in [0.5, 0.6) is 0 Å². The molecule has 16 heavy (non-hydrogen) atoms. The number of carbonyl (C=O) groups excluding carboxylic acids is 2. The third-order valence-corrected chi connectivity index (χ3v) is 1.84. The van der Waals surface area contributed by atoms with Crippen LogP contribution >= 0.6 is 0 Å². The largest absolute Gasteiger partial charge is 0.549 e. The molecule has 0 radical (unpaired) electrons. The highest BCUT2D eigenvalue weighted by atomic mass is 19.2. The number of hydrogen-bond donors (Lipinski definition) is 0. The van der Waals surface area contributed by atoms with Gasteiger partial charge in [-0.3, -0.25) is 0 Å². The van der Waals surface area contributed by atoms with E-state index in [0.717, 1.165) is 0 Å². The molecule has 1 rings (SSSR count). The third kappa shape index (κ3) is 1.97. The molecule has 0 N–H and O–H groups in total. The van der Waals surface area contributed by atoms with Crippen LogP contribution in [0.15, 0.2) is 12.1 Å². The van der Waals surface area contributed by atoms with Gasteiger partial charge in [0, 0.05) is 5.56 Å². The minimum atomic E-state index is -2.70. The predicted octanol–water partition coefficient (Wildman–Crippen LogP) is -1.31. The van der Waals surface area contributed by atoms with Gasteiger partial charge >= 0.3 is 0 Å². The van der Waals surface area contributed by atoms with Crippen LogP contribution in [0.3, 0.4) is 0 Å². The molecule has 0 saturated heterocycles. The van der Waals surface area contributed by atoms with Gasteiger partial charge in [0.2, 0.25) is 0 Å². The molecule has 1 aromatic carbocycles. The van der Waals surface area contributed by atoms with Crippen LogP contribution < -0.4 is 10.2 Å². The number of carboxylic acids is 2. The van der Waals surface area contributed by atoms with E-state index in [4.69, 9.17) is 0 Å². The zero-order valence-corrected chi connectivity index (χ0v) is 7.50. The summed E-state index contributed by atoms with van der Waals surface area (Å²) in [6.45, 7) is 0. The van der Waals surface area contributed by atoms with Gasteiger partial charge in [-0.2, -0.15) is 0 Å². The minimum absolute atomic E-state index is 0.399. The van der Waals surface area contributed by atoms with Crippen molar-refractivity contribution < 1.29 is 33.0 Å². The van der Waals surface area contributed by atoms with E-state index in [1.807, 2.05) is 0 Å². The third-order valence-electron chi connectivity index (χ3n) is 1.84. The second-order valence-electron chi connectivity index (χ2n) is 2.83. The van der Waals surface area contributed by atoms with Gasteiger partial charge in [0.25, 0.3) is 0 Å². The quantitative estimate of drug-likeness (QED) is 0.478. The van der Waals surface area contributed by atoms with Gasteiger partial charge in [0.1, 0.15) is 5.82 Å². The molecule has 0 aliphatic rings. The lowest BCUT2D eigenvalue weighted by atomic mass is 9.98. The van der Waals surface area contributed by atoms with E-state index < -0.39 is 40.9 Å². The summed E-state index contributed by atoms with van der Waals surface area (Å²) >= 11 is 0. The van der Waals surface area contributed by atoms with Gasteiger partial charge in [0.05, 0.1) is 17.9 Å². The second kappa shape index (κ2) is 4.21. The fourth-order valence-electron chi connectivity index (χ4n) is 1.14. The van der Waals surface area contributed by atoms with E-state index in [1.54, 1.807) is 0 Å². The molecular weight excluding hydrogens is 229 g/mol. The minimum Gasteiger partial charge on any atom is -0.549 e. The topological polar surface area (TPSA) is 80.3 Å². The monoisotopic (exact) mass is 232 g/mol. The summed E-state index contributed by atoms with van der Waals surface area (Å²) < 4.78 is 38.7. The number of carboxylic acid groups (broad SMARTS) is 2. The van der Waals surface area contributed by atoms with Crippen molar-refractivity contribution in [1.82, 2.24) is 0 Å². The maximum Gasteiger partial charge on any atom is 0.165 e. The Bertz CT molecular complexity index is 444. The molecule has 0 aromatic heterocycles. The van der Waals surface area contributed by atoms with Crippen LogP contribution in [0.2, 0.25) is 0 Å². The zero-order chi connectivity index (χ0) is 12.5. The van der Waals surface area contributed by atoms with E-state index >= 15 is 0 Å². The van der Waals surface area contributed by atoms with E-state index in [9.17, 15) is 33.0 Å². The fraction of sp³-hybridized carbons (Fsp3) is 0.111. The Kier molecular flexibility index (Phi) is 3.17. The van der Waals surface area contributed by atoms with Crippen LogP contribution in [0.25, 0.3) is 0 Å². The lowest BCUT2D eigenvalue weighted by molar-refractivity contribution is -0.326. The molecule has 0 heterocycles. The number of rotatable bonds is 3. The Balaban J connectivity index is 3.46. The summed E-state index contributed by atoms with van der Waals surface area (Å²) in [4.78, 5) is 20.7. The van der Waals surface area contributed by atoms with Crippen molar-refractivity contribution in [2.75, 3.05) is 0 Å². The molecule has 7 heteroatoms. The van der Waals surface area contributed by atoms with Crippen molar-refractivity contribution >= 4 is 11.9 Å². The predicted molar refractivity (Wildman–Crippen MR) is 39.1 cm³/mol. The summed E-state index contributed by atoms with van der Waals surface area (Å²) in [5, 5.41) is 20.7. The SMILES string of the molecule is O=C([O-])C(C(=O)[O-])c1c(F)ccc(F)c1F. The van der Waals surface area contributed by atoms with Crippen LogP contribution in [-0.2, 0) is 9.59 Å². The average molecular weight is 232 g/mol. The van der Waals surface area contributed by atoms with E-state index in [-0.39, 0.29) is 0 Å². The zero-order valence-electron chi connectivity index (χ0n) is 7.50. The van der Waals surface area contributed by atoms with Gasteiger partial charge in [-0.15, -0.1) is 0 Å². The number of benzene rings is 1. The van der Waals surface area contributed by atoms with Crippen LogP contribution in [-0.4, -0.2) is 11.9 Å². The summed E-state index contributed by atoms with van der Waals surface area (Å²) in [6, 6.07) is 0.808. The first-order valence-electron chi connectivity index (χ1n) is 3.91. The van der Waals surface area contributed by atoms with Crippen molar-refractivity contribution in [3.05, 3.63) is 35.1 Å². The maximum absolute atomic E-state index is 13.0. The molecule has 0 saturated carbocycles. The Hall–Kier alpha value is -2.05. The Morgan fingerprint density at radius 2 is 1.44 bits per heavy atom. The maximum atomic E-state index is 13.0. The molecule has 0 fully saturated rings. The molecule has 86 valence electrons. The highest BCUT2D eigenvalue weighted by Gasteiger charge is 2.24. The second-order valence-corrected chi connectivity index (χ2v) is 2.83. The van der Waals surface area contributed by atoms with Crippen molar-refractivity contribution in [1.29, 1.82) is 0 Å². The molecule has 0 atom stereocenters. The van der Waals surface area contributed by atoms with Gasteiger partial charge < -0.3 is 19.8 Å². The Labute approximate surface area is 86.9 Å². The normalized spacial score (nSPS) is 10.5. The van der Waals surface area contributed by atoms with Gasteiger partial charge in [-0.25, -0.2) is 13.2 Å². The average Bonchev–Trinajstić information content (AvgIpc) is 2.17. The molecular formula is C9H3F3O4-2. The lowest BCUT2D eigenvalue weighted by Gasteiger charge is -2.20. The Morgan fingerprint density at radius 3 is 1.88 bits per heavy atom. The molecule has 1 aromatic rings. The first-order chi connectivity index (χ1) is 7.36. The summed E-state index contributed by atoms with van der Waals surface area (Å²) in [6.07, 6.45) is 0.